The van der Waals surface area contributed by atoms with E-state index in [1.807, 2.05) is 0 Å². The number of hydrogen-bond acceptors (Lipinski definition) is 9. The van der Waals surface area contributed by atoms with Crippen LogP contribution in [-0.2, 0) is 11.8 Å². The molecule has 0 atom stereocenters. The second-order valence-corrected chi connectivity index (χ2v) is 4.48. The summed E-state index contributed by atoms with van der Waals surface area (Å²) < 4.78 is 11.6. The van der Waals surface area contributed by atoms with Crippen LogP contribution in [0.15, 0.2) is 16.9 Å². The van der Waals surface area contributed by atoms with Crippen LogP contribution in [0.3, 0.4) is 0 Å². The van der Waals surface area contributed by atoms with E-state index < -0.39 is 0 Å². The highest BCUT2D eigenvalue weighted by Gasteiger charge is 2.11. The maximum atomic E-state index is 11.3. The zero-order valence-corrected chi connectivity index (χ0v) is 12.8. The molecule has 22 heavy (non-hydrogen) atoms. The molecule has 10 nitrogen and oxygen atoms in total. The van der Waals surface area contributed by atoms with E-state index in [-0.39, 0.29) is 24.2 Å². The molecule has 2 aromatic heterocycles. The molecule has 0 bridgehead atoms. The Morgan fingerprint density at radius 2 is 2.05 bits per heavy atom. The monoisotopic (exact) mass is 307 g/mol. The van der Waals surface area contributed by atoms with Crippen molar-refractivity contribution in [2.45, 2.75) is 0 Å². The van der Waals surface area contributed by atoms with Crippen molar-refractivity contribution < 1.29 is 9.47 Å². The molecule has 10 heteroatoms. The lowest BCUT2D eigenvalue weighted by molar-refractivity contribution is 0.220. The van der Waals surface area contributed by atoms with Crippen LogP contribution in [0.4, 0.5) is 11.9 Å². The first-order chi connectivity index (χ1) is 10.5. The van der Waals surface area contributed by atoms with Crippen molar-refractivity contribution in [1.82, 2.24) is 24.7 Å². The Balaban J connectivity index is 2.29. The summed E-state index contributed by atoms with van der Waals surface area (Å²) in [6, 6.07) is 2.85. The number of aryl methyl sites for hydroxylation is 1. The summed E-state index contributed by atoms with van der Waals surface area (Å²) in [4.78, 5) is 25.5. The van der Waals surface area contributed by atoms with E-state index in [1.54, 1.807) is 26.1 Å². The Hall–Kier alpha value is -2.75. The highest BCUT2D eigenvalue weighted by atomic mass is 16.5. The minimum atomic E-state index is -0.237. The van der Waals surface area contributed by atoms with E-state index >= 15 is 0 Å². The first-order valence-corrected chi connectivity index (χ1v) is 6.38. The van der Waals surface area contributed by atoms with Crippen LogP contribution < -0.4 is 20.5 Å². The molecule has 0 aliphatic carbocycles. The van der Waals surface area contributed by atoms with Gasteiger partial charge in [-0.3, -0.25) is 4.79 Å². The van der Waals surface area contributed by atoms with Crippen LogP contribution in [0.5, 0.6) is 11.9 Å². The lowest BCUT2D eigenvalue weighted by Gasteiger charge is -2.13. The molecule has 2 aromatic rings. The van der Waals surface area contributed by atoms with E-state index in [0.717, 1.165) is 4.68 Å². The number of hydrogen-bond donors (Lipinski definition) is 1. The Kier molecular flexibility index (Phi) is 4.84. The molecule has 0 saturated carbocycles. The molecule has 0 saturated heterocycles. The molecule has 0 fully saturated rings. The van der Waals surface area contributed by atoms with Crippen LogP contribution in [0.2, 0.25) is 0 Å². The van der Waals surface area contributed by atoms with Crippen molar-refractivity contribution >= 4 is 11.9 Å². The topological polar surface area (TPSA) is 107 Å². The van der Waals surface area contributed by atoms with Gasteiger partial charge in [-0.2, -0.15) is 15.0 Å². The Morgan fingerprint density at radius 3 is 2.68 bits per heavy atom. The minimum Gasteiger partial charge on any atom is -0.403 e. The van der Waals surface area contributed by atoms with Crippen molar-refractivity contribution in [3.05, 3.63) is 22.5 Å². The fraction of sp³-hybridized carbons (Fsp3) is 0.417. The van der Waals surface area contributed by atoms with E-state index in [1.165, 1.54) is 19.2 Å². The summed E-state index contributed by atoms with van der Waals surface area (Å²) in [7, 11) is 6.67. The van der Waals surface area contributed by atoms with Gasteiger partial charge in [0.15, 0.2) is 0 Å². The van der Waals surface area contributed by atoms with Gasteiger partial charge in [0, 0.05) is 40.4 Å². The number of aromatic nitrogens is 5. The maximum absolute atomic E-state index is 11.3. The van der Waals surface area contributed by atoms with Crippen LogP contribution >= 0.6 is 0 Å². The zero-order valence-electron chi connectivity index (χ0n) is 12.8. The second-order valence-electron chi connectivity index (χ2n) is 4.48. The molecule has 0 aliphatic rings. The van der Waals surface area contributed by atoms with E-state index in [9.17, 15) is 4.79 Å². The molecule has 1 N–H and O–H groups in total. The van der Waals surface area contributed by atoms with Gasteiger partial charge in [0.05, 0.1) is 0 Å². The summed E-state index contributed by atoms with van der Waals surface area (Å²) in [6.07, 6.45) is 0. The van der Waals surface area contributed by atoms with E-state index in [0.29, 0.717) is 11.9 Å². The number of methoxy groups -OCH3 is 1. The molecule has 0 aliphatic heterocycles. The van der Waals surface area contributed by atoms with Gasteiger partial charge in [-0.15, -0.1) is 5.10 Å². The highest BCUT2D eigenvalue weighted by molar-refractivity contribution is 5.37. The van der Waals surface area contributed by atoms with Gasteiger partial charge < -0.3 is 19.7 Å². The first-order valence-electron chi connectivity index (χ1n) is 6.38. The molecular weight excluding hydrogens is 290 g/mol. The molecule has 0 spiro atoms. The molecule has 2 heterocycles. The molecule has 0 unspecified atom stereocenters. The van der Waals surface area contributed by atoms with Crippen LogP contribution in [-0.4, -0.2) is 52.7 Å². The van der Waals surface area contributed by atoms with Gasteiger partial charge in [-0.05, 0) is 0 Å². The number of ether oxygens (including phenoxy) is 2. The quantitative estimate of drug-likeness (QED) is 0.728. The van der Waals surface area contributed by atoms with Gasteiger partial charge in [0.2, 0.25) is 17.8 Å². The van der Waals surface area contributed by atoms with Crippen LogP contribution in [0, 0.1) is 0 Å². The number of nitrogens with one attached hydrogen (secondary N) is 1. The lowest BCUT2D eigenvalue weighted by atomic mass is 10.5. The van der Waals surface area contributed by atoms with Crippen LogP contribution in [0.1, 0.15) is 0 Å². The predicted molar refractivity (Wildman–Crippen MR) is 79.2 cm³/mol. The average molecular weight is 307 g/mol. The second kappa shape index (κ2) is 6.80. The maximum Gasteiger partial charge on any atom is 0.330 e. The zero-order chi connectivity index (χ0) is 16.1. The molecule has 2 rings (SSSR count). The van der Waals surface area contributed by atoms with Crippen molar-refractivity contribution in [3.8, 4) is 11.9 Å². The predicted octanol–water partition coefficient (Wildman–Crippen LogP) is -0.161. The van der Waals surface area contributed by atoms with Gasteiger partial charge in [0.25, 0.3) is 5.56 Å². The summed E-state index contributed by atoms with van der Waals surface area (Å²) >= 11 is 0. The molecule has 0 amide bonds. The summed E-state index contributed by atoms with van der Waals surface area (Å²) in [6.45, 7) is 0.244. The van der Waals surface area contributed by atoms with Crippen molar-refractivity contribution in [1.29, 1.82) is 0 Å². The number of anilines is 2. The van der Waals surface area contributed by atoms with Gasteiger partial charge in [-0.25, -0.2) is 4.68 Å². The third-order valence-corrected chi connectivity index (χ3v) is 2.51. The Morgan fingerprint density at radius 1 is 1.27 bits per heavy atom. The standard InChI is InChI=1S/C12H17N7O3/c1-18(2)11-14-10(13-7-21-4)15-12(16-11)22-8-5-6-9(20)19(3)17-8/h5-6H,7H2,1-4H3,(H,13,14,15,16). The SMILES string of the molecule is COCNc1nc(Oc2ccc(=O)n(C)n2)nc(N(C)C)n1. The average Bonchev–Trinajstić information content (AvgIpc) is 2.48. The highest BCUT2D eigenvalue weighted by Crippen LogP contribution is 2.17. The van der Waals surface area contributed by atoms with Gasteiger partial charge in [0.1, 0.15) is 6.73 Å². The molecule has 118 valence electrons. The Bertz CT molecular complexity index is 701. The minimum absolute atomic E-state index is 0.0588. The third-order valence-electron chi connectivity index (χ3n) is 2.51. The fourth-order valence-electron chi connectivity index (χ4n) is 1.44. The largest absolute Gasteiger partial charge is 0.403 e. The Labute approximate surface area is 126 Å². The number of nitrogens with zero attached hydrogens (tertiary/aromatic N) is 6. The van der Waals surface area contributed by atoms with Gasteiger partial charge >= 0.3 is 6.01 Å². The molecule has 0 radical (unpaired) electrons. The molecule has 0 aromatic carbocycles. The molecular formula is C12H17N7O3. The summed E-state index contributed by atoms with van der Waals surface area (Å²) in [5, 5.41) is 6.83. The third kappa shape index (κ3) is 3.88. The summed E-state index contributed by atoms with van der Waals surface area (Å²) in [5.74, 6) is 0.921. The van der Waals surface area contributed by atoms with E-state index in [2.05, 4.69) is 25.4 Å². The smallest absolute Gasteiger partial charge is 0.330 e. The van der Waals surface area contributed by atoms with E-state index in [4.69, 9.17) is 9.47 Å². The first kappa shape index (κ1) is 15.6. The van der Waals surface area contributed by atoms with Crippen molar-refractivity contribution in [2.75, 3.05) is 38.2 Å². The van der Waals surface area contributed by atoms with Crippen molar-refractivity contribution in [3.63, 3.8) is 0 Å². The lowest BCUT2D eigenvalue weighted by Crippen LogP contribution is -2.19. The fourth-order valence-corrected chi connectivity index (χ4v) is 1.44. The van der Waals surface area contributed by atoms with Crippen molar-refractivity contribution in [2.24, 2.45) is 7.05 Å². The number of rotatable bonds is 6. The van der Waals surface area contributed by atoms with Crippen LogP contribution in [0.25, 0.3) is 0 Å². The summed E-state index contributed by atoms with van der Waals surface area (Å²) in [5.41, 5.74) is -0.237. The van der Waals surface area contributed by atoms with Gasteiger partial charge in [-0.1, -0.05) is 0 Å². The normalized spacial score (nSPS) is 10.4.